The Morgan fingerprint density at radius 3 is 2.61 bits per heavy atom. The lowest BCUT2D eigenvalue weighted by Gasteiger charge is -2.29. The molecule has 3 heterocycles. The topological polar surface area (TPSA) is 69.2 Å². The molecule has 0 aliphatic carbocycles. The summed E-state index contributed by atoms with van der Waals surface area (Å²) in [6.07, 6.45) is 1.57. The standard InChI is InChI=1S/C17H16N6/c18-11-13-1-3-14(4-2-13)16-9-15(22-7-5-19-6-8-22)10-17-20-12-21-23(16)17/h1-4,9-10,12,19H,5-8H2. The van der Waals surface area contributed by atoms with Crippen LogP contribution >= 0.6 is 0 Å². The second kappa shape index (κ2) is 5.71. The number of nitriles is 1. The molecule has 2 aromatic heterocycles. The van der Waals surface area contributed by atoms with Crippen molar-refractivity contribution < 1.29 is 0 Å². The van der Waals surface area contributed by atoms with Crippen molar-refractivity contribution in [3.63, 3.8) is 0 Å². The molecule has 0 saturated carbocycles. The Labute approximate surface area is 134 Å². The van der Waals surface area contributed by atoms with Crippen LogP contribution in [0, 0.1) is 11.3 Å². The van der Waals surface area contributed by atoms with Gasteiger partial charge in [-0.3, -0.25) is 0 Å². The molecular formula is C17H16N6. The Balaban J connectivity index is 1.83. The van der Waals surface area contributed by atoms with Crippen LogP contribution in [0.1, 0.15) is 5.56 Å². The van der Waals surface area contributed by atoms with Gasteiger partial charge in [-0.05, 0) is 18.2 Å². The molecule has 0 amide bonds. The first kappa shape index (κ1) is 13.7. The monoisotopic (exact) mass is 304 g/mol. The average Bonchev–Trinajstić information content (AvgIpc) is 3.10. The predicted molar refractivity (Wildman–Crippen MR) is 88.2 cm³/mol. The normalized spacial score (nSPS) is 14.8. The van der Waals surface area contributed by atoms with Crippen molar-refractivity contribution >= 4 is 11.3 Å². The van der Waals surface area contributed by atoms with Crippen molar-refractivity contribution in [3.8, 4) is 17.3 Å². The number of hydrogen-bond donors (Lipinski definition) is 1. The number of nitrogens with zero attached hydrogens (tertiary/aromatic N) is 5. The Kier molecular flexibility index (Phi) is 3.41. The third kappa shape index (κ3) is 2.51. The smallest absolute Gasteiger partial charge is 0.158 e. The summed E-state index contributed by atoms with van der Waals surface area (Å²) >= 11 is 0. The minimum absolute atomic E-state index is 0.654. The molecule has 0 bridgehead atoms. The maximum absolute atomic E-state index is 8.96. The zero-order valence-corrected chi connectivity index (χ0v) is 12.6. The molecule has 1 saturated heterocycles. The second-order valence-corrected chi connectivity index (χ2v) is 5.56. The lowest BCUT2D eigenvalue weighted by atomic mass is 10.1. The molecule has 1 aromatic carbocycles. The SMILES string of the molecule is N#Cc1ccc(-c2cc(N3CCNCC3)cc3ncnn23)cc1. The lowest BCUT2D eigenvalue weighted by molar-refractivity contribution is 0.589. The molecule has 4 rings (SSSR count). The Hall–Kier alpha value is -2.91. The summed E-state index contributed by atoms with van der Waals surface area (Å²) in [5, 5.41) is 16.7. The van der Waals surface area contributed by atoms with Crippen LogP contribution in [-0.4, -0.2) is 40.8 Å². The fraction of sp³-hybridized carbons (Fsp3) is 0.235. The zero-order valence-electron chi connectivity index (χ0n) is 12.6. The van der Waals surface area contributed by atoms with Crippen LogP contribution in [0.25, 0.3) is 16.9 Å². The van der Waals surface area contributed by atoms with Gasteiger partial charge in [0.1, 0.15) is 6.33 Å². The molecule has 114 valence electrons. The van der Waals surface area contributed by atoms with E-state index in [2.05, 4.69) is 38.5 Å². The molecule has 0 spiro atoms. The summed E-state index contributed by atoms with van der Waals surface area (Å²) in [6.45, 7) is 3.95. The van der Waals surface area contributed by atoms with Gasteiger partial charge in [0.05, 0.1) is 17.3 Å². The first-order valence-electron chi connectivity index (χ1n) is 7.65. The summed E-state index contributed by atoms with van der Waals surface area (Å²) in [4.78, 5) is 6.71. The number of anilines is 1. The highest BCUT2D eigenvalue weighted by Crippen LogP contribution is 2.26. The van der Waals surface area contributed by atoms with Crippen LogP contribution in [0.3, 0.4) is 0 Å². The van der Waals surface area contributed by atoms with E-state index in [0.717, 1.165) is 48.8 Å². The Morgan fingerprint density at radius 1 is 1.09 bits per heavy atom. The van der Waals surface area contributed by atoms with Gasteiger partial charge in [0, 0.05) is 43.5 Å². The molecule has 0 unspecified atom stereocenters. The zero-order chi connectivity index (χ0) is 15.6. The fourth-order valence-electron chi connectivity index (χ4n) is 2.94. The van der Waals surface area contributed by atoms with Crippen molar-refractivity contribution in [2.75, 3.05) is 31.1 Å². The number of rotatable bonds is 2. The summed E-state index contributed by atoms with van der Waals surface area (Å²) in [6, 6.07) is 13.9. The van der Waals surface area contributed by atoms with Gasteiger partial charge in [0.15, 0.2) is 5.65 Å². The number of benzene rings is 1. The van der Waals surface area contributed by atoms with E-state index in [1.54, 1.807) is 6.33 Å². The van der Waals surface area contributed by atoms with Gasteiger partial charge in [-0.15, -0.1) is 0 Å². The van der Waals surface area contributed by atoms with E-state index in [4.69, 9.17) is 5.26 Å². The molecule has 0 atom stereocenters. The van der Waals surface area contributed by atoms with Gasteiger partial charge in [0.25, 0.3) is 0 Å². The van der Waals surface area contributed by atoms with Crippen LogP contribution in [0.4, 0.5) is 5.69 Å². The summed E-state index contributed by atoms with van der Waals surface area (Å²) < 4.78 is 1.84. The number of fused-ring (bicyclic) bond motifs is 1. The van der Waals surface area contributed by atoms with Gasteiger partial charge in [-0.25, -0.2) is 9.50 Å². The molecule has 1 N–H and O–H groups in total. The maximum atomic E-state index is 8.96. The summed E-state index contributed by atoms with van der Waals surface area (Å²) in [5.74, 6) is 0. The Morgan fingerprint density at radius 2 is 1.87 bits per heavy atom. The Bertz CT molecular complexity index is 868. The first-order valence-corrected chi connectivity index (χ1v) is 7.65. The van der Waals surface area contributed by atoms with Gasteiger partial charge in [-0.1, -0.05) is 12.1 Å². The number of piperazine rings is 1. The van der Waals surface area contributed by atoms with E-state index >= 15 is 0 Å². The summed E-state index contributed by atoms with van der Waals surface area (Å²) in [7, 11) is 0. The predicted octanol–water partition coefficient (Wildman–Crippen LogP) is 1.68. The van der Waals surface area contributed by atoms with E-state index < -0.39 is 0 Å². The minimum atomic E-state index is 0.654. The van der Waals surface area contributed by atoms with E-state index in [0.29, 0.717) is 5.56 Å². The third-order valence-corrected chi connectivity index (χ3v) is 4.16. The molecule has 6 nitrogen and oxygen atoms in total. The lowest BCUT2D eigenvalue weighted by Crippen LogP contribution is -2.43. The van der Waals surface area contributed by atoms with Gasteiger partial charge in [-0.2, -0.15) is 10.4 Å². The third-order valence-electron chi connectivity index (χ3n) is 4.16. The van der Waals surface area contributed by atoms with Crippen LogP contribution in [-0.2, 0) is 0 Å². The number of pyridine rings is 1. The van der Waals surface area contributed by atoms with Crippen LogP contribution in [0.5, 0.6) is 0 Å². The van der Waals surface area contributed by atoms with Gasteiger partial charge >= 0.3 is 0 Å². The number of nitrogens with one attached hydrogen (secondary N) is 1. The quantitative estimate of drug-likeness (QED) is 0.780. The van der Waals surface area contributed by atoms with E-state index in [1.165, 1.54) is 0 Å². The van der Waals surface area contributed by atoms with E-state index in [-0.39, 0.29) is 0 Å². The molecule has 1 fully saturated rings. The van der Waals surface area contributed by atoms with Gasteiger partial charge in [0.2, 0.25) is 0 Å². The van der Waals surface area contributed by atoms with Crippen LogP contribution in [0.15, 0.2) is 42.7 Å². The molecule has 6 heteroatoms. The van der Waals surface area contributed by atoms with Crippen molar-refractivity contribution in [2.45, 2.75) is 0 Å². The highest BCUT2D eigenvalue weighted by Gasteiger charge is 2.15. The molecule has 1 aliphatic rings. The molecule has 23 heavy (non-hydrogen) atoms. The molecule has 3 aromatic rings. The second-order valence-electron chi connectivity index (χ2n) is 5.56. The summed E-state index contributed by atoms with van der Waals surface area (Å²) in [5.41, 5.74) is 4.66. The largest absolute Gasteiger partial charge is 0.369 e. The van der Waals surface area contributed by atoms with E-state index in [9.17, 15) is 0 Å². The van der Waals surface area contributed by atoms with Crippen LogP contribution < -0.4 is 10.2 Å². The van der Waals surface area contributed by atoms with Crippen LogP contribution in [0.2, 0.25) is 0 Å². The molecule has 0 radical (unpaired) electrons. The maximum Gasteiger partial charge on any atom is 0.158 e. The van der Waals surface area contributed by atoms with Crippen molar-refractivity contribution in [1.29, 1.82) is 5.26 Å². The van der Waals surface area contributed by atoms with Crippen molar-refractivity contribution in [2.24, 2.45) is 0 Å². The molecule has 1 aliphatic heterocycles. The number of aromatic nitrogens is 3. The van der Waals surface area contributed by atoms with E-state index in [1.807, 2.05) is 28.8 Å². The highest BCUT2D eigenvalue weighted by molar-refractivity contribution is 5.70. The fourth-order valence-corrected chi connectivity index (χ4v) is 2.94. The minimum Gasteiger partial charge on any atom is -0.369 e. The van der Waals surface area contributed by atoms with Crippen molar-refractivity contribution in [1.82, 2.24) is 19.9 Å². The highest BCUT2D eigenvalue weighted by atomic mass is 15.3. The molecular weight excluding hydrogens is 288 g/mol. The first-order chi connectivity index (χ1) is 11.3. The number of hydrogen-bond acceptors (Lipinski definition) is 5. The average molecular weight is 304 g/mol. The van der Waals surface area contributed by atoms with Crippen molar-refractivity contribution in [3.05, 3.63) is 48.3 Å². The van der Waals surface area contributed by atoms with Gasteiger partial charge < -0.3 is 10.2 Å².